The molecule has 1 N–H and O–H groups in total. The fraction of sp³-hybridized carbons (Fsp3) is 0.250. The first-order valence-corrected chi connectivity index (χ1v) is 9.52. The number of pyridine rings is 1. The van der Waals surface area contributed by atoms with Crippen molar-refractivity contribution in [1.29, 1.82) is 0 Å². The Bertz CT molecular complexity index is 1150. The second-order valence-corrected chi connectivity index (χ2v) is 7.40. The number of nitrogens with one attached hydrogen (secondary N) is 1. The van der Waals surface area contributed by atoms with Crippen molar-refractivity contribution >= 4 is 40.4 Å². The molecule has 0 aliphatic carbocycles. The summed E-state index contributed by atoms with van der Waals surface area (Å²) in [5, 5.41) is -0.449. The van der Waals surface area contributed by atoms with Gasteiger partial charge in [-0.3, -0.25) is 14.8 Å². The molecule has 0 radical (unpaired) electrons. The molecule has 1 aliphatic rings. The normalized spacial score (nSPS) is 17.5. The zero-order chi connectivity index (χ0) is 22.4. The maximum absolute atomic E-state index is 13.6. The van der Waals surface area contributed by atoms with E-state index in [1.54, 1.807) is 25.8 Å². The van der Waals surface area contributed by atoms with Crippen molar-refractivity contribution in [3.63, 3.8) is 0 Å². The zero-order valence-electron chi connectivity index (χ0n) is 16.2. The van der Waals surface area contributed by atoms with Crippen LogP contribution in [-0.2, 0) is 6.18 Å². The van der Waals surface area contributed by atoms with Crippen LogP contribution in [0, 0.1) is 0 Å². The Labute approximate surface area is 180 Å². The minimum Gasteiger partial charge on any atom is -0.319 e. The van der Waals surface area contributed by atoms with Gasteiger partial charge in [0, 0.05) is 24.4 Å². The van der Waals surface area contributed by atoms with Gasteiger partial charge >= 0.3 is 6.18 Å². The average molecular weight is 457 g/mol. The number of hydrogen-bond donors (Lipinski definition) is 1. The summed E-state index contributed by atoms with van der Waals surface area (Å²) < 4.78 is 40.8. The minimum atomic E-state index is -4.70. The first-order chi connectivity index (χ1) is 14.0. The highest BCUT2D eigenvalue weighted by Gasteiger charge is 2.38. The number of halogens is 5. The quantitative estimate of drug-likeness (QED) is 0.466. The van der Waals surface area contributed by atoms with E-state index in [0.29, 0.717) is 17.2 Å². The molecule has 1 aromatic heterocycles. The van der Waals surface area contributed by atoms with Gasteiger partial charge in [-0.05, 0) is 32.0 Å². The summed E-state index contributed by atoms with van der Waals surface area (Å²) >= 11 is 12.6. The van der Waals surface area contributed by atoms with Crippen LogP contribution in [0.25, 0.3) is 0 Å². The van der Waals surface area contributed by atoms with E-state index in [-0.39, 0.29) is 22.0 Å². The Kier molecular flexibility index (Phi) is 5.84. The number of alkyl halides is 3. The van der Waals surface area contributed by atoms with Crippen molar-refractivity contribution in [1.82, 2.24) is 4.98 Å². The fourth-order valence-corrected chi connectivity index (χ4v) is 3.73. The Balaban J connectivity index is 2.48. The topological polar surface area (TPSA) is 60.8 Å². The summed E-state index contributed by atoms with van der Waals surface area (Å²) in [6.45, 7) is 7.45. The third-order valence-corrected chi connectivity index (χ3v) is 5.45. The van der Waals surface area contributed by atoms with Crippen LogP contribution in [0.3, 0.4) is 0 Å². The number of anilines is 1. The van der Waals surface area contributed by atoms with E-state index in [0.717, 1.165) is 6.07 Å². The van der Waals surface area contributed by atoms with Crippen molar-refractivity contribution in [2.75, 3.05) is 11.9 Å². The van der Waals surface area contributed by atoms with E-state index in [9.17, 15) is 18.0 Å². The number of rotatable bonds is 1. The van der Waals surface area contributed by atoms with Crippen LogP contribution in [0.15, 0.2) is 51.3 Å². The van der Waals surface area contributed by atoms with Crippen LogP contribution in [0.5, 0.6) is 0 Å². The molecule has 30 heavy (non-hydrogen) atoms. The summed E-state index contributed by atoms with van der Waals surface area (Å²) in [5.41, 5.74) is -0.673. The third-order valence-electron chi connectivity index (χ3n) is 4.75. The smallest absolute Gasteiger partial charge is 0.319 e. The highest BCUT2D eigenvalue weighted by atomic mass is 35.5. The number of benzodiazepines with no additional fused rings is 1. The highest BCUT2D eigenvalue weighted by molar-refractivity contribution is 6.40. The number of aromatic nitrogens is 1. The van der Waals surface area contributed by atoms with E-state index in [2.05, 4.69) is 21.5 Å². The van der Waals surface area contributed by atoms with Crippen LogP contribution < -0.4 is 10.5 Å². The minimum absolute atomic E-state index is 0.0243. The Hall–Kier alpha value is -2.58. The molecule has 1 aliphatic heterocycles. The predicted octanol–water partition coefficient (Wildman–Crippen LogP) is 5.31. The largest absolute Gasteiger partial charge is 0.417 e. The van der Waals surface area contributed by atoms with Crippen molar-refractivity contribution in [3.8, 4) is 0 Å². The number of H-pyrrole nitrogens is 1. The SMILES string of the molecule is C=C1[C@H](C)N=C(c2[nH]c(=O)ccc2Cl)c2c(ccc(C(F)(F)F)c2Cl)N1C(C)=NC. The molecule has 1 aromatic carbocycles. The Morgan fingerprint density at radius 1 is 1.27 bits per heavy atom. The molecular formula is C20H17Cl2F3N4O. The molecule has 158 valence electrons. The predicted molar refractivity (Wildman–Crippen MR) is 114 cm³/mol. The molecule has 0 amide bonds. The summed E-state index contributed by atoms with van der Waals surface area (Å²) in [4.78, 5) is 24.8. The molecule has 1 atom stereocenters. The van der Waals surface area contributed by atoms with Crippen LogP contribution in [0.4, 0.5) is 18.9 Å². The molecule has 5 nitrogen and oxygen atoms in total. The first kappa shape index (κ1) is 22.1. The number of nitrogens with zero attached hydrogens (tertiary/aromatic N) is 3. The number of benzene rings is 1. The lowest BCUT2D eigenvalue weighted by atomic mass is 10.00. The van der Waals surface area contributed by atoms with Gasteiger partial charge in [0.05, 0.1) is 38.7 Å². The van der Waals surface area contributed by atoms with E-state index in [4.69, 9.17) is 23.2 Å². The van der Waals surface area contributed by atoms with Gasteiger partial charge in [-0.2, -0.15) is 13.2 Å². The molecule has 0 spiro atoms. The number of fused-ring (bicyclic) bond motifs is 1. The van der Waals surface area contributed by atoms with Crippen LogP contribution >= 0.6 is 23.2 Å². The molecule has 0 saturated carbocycles. The Morgan fingerprint density at radius 2 is 1.93 bits per heavy atom. The van der Waals surface area contributed by atoms with Gasteiger partial charge in [-0.25, -0.2) is 0 Å². The summed E-state index contributed by atoms with van der Waals surface area (Å²) in [7, 11) is 1.55. The molecule has 10 heteroatoms. The lowest BCUT2D eigenvalue weighted by molar-refractivity contribution is -0.137. The zero-order valence-corrected chi connectivity index (χ0v) is 17.7. The van der Waals surface area contributed by atoms with E-state index >= 15 is 0 Å². The summed E-state index contributed by atoms with van der Waals surface area (Å²) in [6.07, 6.45) is -4.70. The van der Waals surface area contributed by atoms with Crippen molar-refractivity contribution in [2.24, 2.45) is 9.98 Å². The maximum Gasteiger partial charge on any atom is 0.417 e. The molecule has 0 bridgehead atoms. The van der Waals surface area contributed by atoms with Crippen molar-refractivity contribution in [3.05, 3.63) is 73.8 Å². The monoisotopic (exact) mass is 456 g/mol. The molecule has 0 fully saturated rings. The van der Waals surface area contributed by atoms with Gasteiger partial charge in [0.15, 0.2) is 0 Å². The number of hydrogen-bond acceptors (Lipinski definition) is 3. The molecule has 2 aromatic rings. The maximum atomic E-state index is 13.6. The second kappa shape index (κ2) is 7.92. The van der Waals surface area contributed by atoms with Gasteiger partial charge in [0.25, 0.3) is 0 Å². The molecular weight excluding hydrogens is 440 g/mol. The molecule has 3 rings (SSSR count). The van der Waals surface area contributed by atoms with Crippen LogP contribution in [0.2, 0.25) is 10.0 Å². The van der Waals surface area contributed by atoms with Gasteiger partial charge < -0.3 is 9.88 Å². The third kappa shape index (κ3) is 3.77. The van der Waals surface area contributed by atoms with Gasteiger partial charge in [0.2, 0.25) is 5.56 Å². The summed E-state index contributed by atoms with van der Waals surface area (Å²) in [5.74, 6) is 0.480. The van der Waals surface area contributed by atoms with E-state index < -0.39 is 28.4 Å². The van der Waals surface area contributed by atoms with Crippen LogP contribution in [-0.4, -0.2) is 29.6 Å². The van der Waals surface area contributed by atoms with Gasteiger partial charge in [-0.1, -0.05) is 29.8 Å². The highest BCUT2D eigenvalue weighted by Crippen LogP contribution is 2.43. The van der Waals surface area contributed by atoms with Gasteiger partial charge in [-0.15, -0.1) is 0 Å². The molecule has 0 unspecified atom stereocenters. The van der Waals surface area contributed by atoms with Crippen molar-refractivity contribution in [2.45, 2.75) is 26.1 Å². The lowest BCUT2D eigenvalue weighted by Crippen LogP contribution is -2.31. The van der Waals surface area contributed by atoms with E-state index in [1.807, 2.05) is 0 Å². The van der Waals surface area contributed by atoms with E-state index in [1.165, 1.54) is 18.2 Å². The van der Waals surface area contributed by atoms with Crippen LogP contribution in [0.1, 0.15) is 30.7 Å². The fourth-order valence-electron chi connectivity index (χ4n) is 3.17. The lowest BCUT2D eigenvalue weighted by Gasteiger charge is -2.28. The average Bonchev–Trinajstić information content (AvgIpc) is 2.77. The summed E-state index contributed by atoms with van der Waals surface area (Å²) in [6, 6.07) is 4.16. The van der Waals surface area contributed by atoms with Crippen molar-refractivity contribution < 1.29 is 13.2 Å². The number of amidine groups is 1. The molecule has 0 saturated heterocycles. The first-order valence-electron chi connectivity index (χ1n) is 8.76. The van der Waals surface area contributed by atoms with Gasteiger partial charge in [0.1, 0.15) is 5.84 Å². The molecule has 2 heterocycles. The standard InChI is InChI=1S/C20H17Cl2F3N4O/c1-9-10(2)29(11(3)26-4)14-7-5-12(20(23,24)25)17(22)16(14)19(27-9)18-13(21)6-8-15(30)28-18/h5-9H,2H2,1,3-4H3,(H,28,30)/t9-/m0/s1. The Morgan fingerprint density at radius 3 is 2.53 bits per heavy atom. The number of aromatic amines is 1. The number of aliphatic imine (C=N–C) groups is 2. The second-order valence-electron chi connectivity index (χ2n) is 6.62.